The maximum atomic E-state index is 12.3. The molecule has 0 aliphatic carbocycles. The topological polar surface area (TPSA) is 40.5 Å². The summed E-state index contributed by atoms with van der Waals surface area (Å²) < 4.78 is 0. The van der Waals surface area contributed by atoms with Gasteiger partial charge in [0.1, 0.15) is 0 Å². The van der Waals surface area contributed by atoms with Crippen molar-refractivity contribution in [2.75, 3.05) is 7.05 Å². The molecule has 3 heteroatoms. The number of aliphatic hydroxyl groups is 1. The number of amides is 1. The van der Waals surface area contributed by atoms with Crippen LogP contribution in [0.15, 0.2) is 54.6 Å². The second-order valence-electron chi connectivity index (χ2n) is 7.33. The third kappa shape index (κ3) is 2.27. The number of likely N-dealkylation sites (tertiary alicyclic amines) is 1. The molecule has 1 heterocycles. The number of β-lactam (4-membered cyclic amide) rings is 1. The van der Waals surface area contributed by atoms with Crippen LogP contribution < -0.4 is 0 Å². The van der Waals surface area contributed by atoms with E-state index < -0.39 is 11.0 Å². The van der Waals surface area contributed by atoms with Crippen molar-refractivity contribution >= 4 is 5.91 Å². The van der Waals surface area contributed by atoms with Crippen LogP contribution in [0.5, 0.6) is 0 Å². The van der Waals surface area contributed by atoms with E-state index in [9.17, 15) is 9.90 Å². The zero-order valence-electron chi connectivity index (χ0n) is 14.1. The highest BCUT2D eigenvalue weighted by Gasteiger charge is 2.64. The normalized spacial score (nSPS) is 24.5. The molecular formula is C20H23NO2. The molecule has 1 aliphatic rings. The van der Waals surface area contributed by atoms with Gasteiger partial charge in [0.2, 0.25) is 0 Å². The van der Waals surface area contributed by atoms with Crippen molar-refractivity contribution in [2.24, 2.45) is 5.41 Å². The van der Waals surface area contributed by atoms with Crippen LogP contribution >= 0.6 is 0 Å². The van der Waals surface area contributed by atoms with E-state index >= 15 is 0 Å². The first-order chi connectivity index (χ1) is 10.8. The standard InChI is InChI=1S/C20H23NO2/c1-19(2,3)20(23)17(21(4)18(20)22)16-12-8-11-15(13-16)14-9-6-5-7-10-14/h5-13,17,23H,1-4H3. The summed E-state index contributed by atoms with van der Waals surface area (Å²) in [5.74, 6) is -0.208. The molecule has 0 aromatic heterocycles. The number of carbonyl (C=O) groups is 1. The van der Waals surface area contributed by atoms with E-state index in [0.717, 1.165) is 16.7 Å². The summed E-state index contributed by atoms with van der Waals surface area (Å²) in [4.78, 5) is 14.0. The maximum absolute atomic E-state index is 12.3. The van der Waals surface area contributed by atoms with Gasteiger partial charge in [-0.05, 0) is 22.8 Å². The lowest BCUT2D eigenvalue weighted by molar-refractivity contribution is -0.212. The van der Waals surface area contributed by atoms with Crippen molar-refractivity contribution < 1.29 is 9.90 Å². The molecule has 2 aromatic carbocycles. The molecular weight excluding hydrogens is 286 g/mol. The Hall–Kier alpha value is -2.13. The molecule has 23 heavy (non-hydrogen) atoms. The van der Waals surface area contributed by atoms with Gasteiger partial charge in [0.15, 0.2) is 5.60 Å². The minimum absolute atomic E-state index is 0.208. The van der Waals surface area contributed by atoms with Gasteiger partial charge in [0.05, 0.1) is 6.04 Å². The van der Waals surface area contributed by atoms with Crippen LogP contribution in [0.1, 0.15) is 32.4 Å². The van der Waals surface area contributed by atoms with Crippen molar-refractivity contribution in [3.63, 3.8) is 0 Å². The monoisotopic (exact) mass is 309 g/mol. The van der Waals surface area contributed by atoms with E-state index in [0.29, 0.717) is 0 Å². The van der Waals surface area contributed by atoms with E-state index in [1.165, 1.54) is 0 Å². The molecule has 0 spiro atoms. The molecule has 0 radical (unpaired) electrons. The van der Waals surface area contributed by atoms with Crippen molar-refractivity contribution in [2.45, 2.75) is 32.4 Å². The van der Waals surface area contributed by atoms with Gasteiger partial charge in [-0.1, -0.05) is 69.3 Å². The lowest BCUT2D eigenvalue weighted by Gasteiger charge is -2.57. The predicted molar refractivity (Wildman–Crippen MR) is 91.8 cm³/mol. The first-order valence-electron chi connectivity index (χ1n) is 7.92. The summed E-state index contributed by atoms with van der Waals surface area (Å²) >= 11 is 0. The van der Waals surface area contributed by atoms with E-state index in [1.807, 2.05) is 51.1 Å². The smallest absolute Gasteiger partial charge is 0.257 e. The Kier molecular flexibility index (Phi) is 3.56. The summed E-state index contributed by atoms with van der Waals surface area (Å²) in [5.41, 5.74) is 1.29. The second kappa shape index (κ2) is 5.20. The number of benzene rings is 2. The fourth-order valence-corrected chi connectivity index (χ4v) is 3.43. The van der Waals surface area contributed by atoms with Crippen LogP contribution in [0.4, 0.5) is 0 Å². The molecule has 2 aromatic rings. The van der Waals surface area contributed by atoms with Gasteiger partial charge in [0, 0.05) is 12.5 Å². The molecule has 1 saturated heterocycles. The van der Waals surface area contributed by atoms with Crippen LogP contribution in [0.25, 0.3) is 11.1 Å². The number of carbonyl (C=O) groups excluding carboxylic acids is 1. The highest BCUT2D eigenvalue weighted by molar-refractivity contribution is 5.94. The van der Waals surface area contributed by atoms with Crippen molar-refractivity contribution in [1.82, 2.24) is 4.90 Å². The molecule has 3 rings (SSSR count). The summed E-state index contributed by atoms with van der Waals surface area (Å²) in [6, 6.07) is 17.9. The SMILES string of the molecule is CN1C(=O)C(O)(C(C)(C)C)C1c1cccc(-c2ccccc2)c1. The Morgan fingerprint density at radius 3 is 2.22 bits per heavy atom. The van der Waals surface area contributed by atoms with Gasteiger partial charge >= 0.3 is 0 Å². The van der Waals surface area contributed by atoms with Crippen LogP contribution in [-0.4, -0.2) is 28.6 Å². The molecule has 120 valence electrons. The zero-order valence-corrected chi connectivity index (χ0v) is 14.1. The van der Waals surface area contributed by atoms with E-state index in [4.69, 9.17) is 0 Å². The first-order valence-corrected chi connectivity index (χ1v) is 7.92. The lowest BCUT2D eigenvalue weighted by Crippen LogP contribution is -2.72. The summed E-state index contributed by atoms with van der Waals surface area (Å²) in [6.45, 7) is 5.73. The molecule has 0 saturated carbocycles. The Balaban J connectivity index is 2.04. The summed E-state index contributed by atoms with van der Waals surface area (Å²) in [7, 11) is 1.75. The quantitative estimate of drug-likeness (QED) is 0.860. The van der Waals surface area contributed by atoms with Crippen molar-refractivity contribution in [1.29, 1.82) is 0 Å². The summed E-state index contributed by atoms with van der Waals surface area (Å²) in [5, 5.41) is 11.1. The van der Waals surface area contributed by atoms with Crippen molar-refractivity contribution in [3.05, 3.63) is 60.2 Å². The Bertz CT molecular complexity index is 733. The second-order valence-corrected chi connectivity index (χ2v) is 7.33. The van der Waals surface area contributed by atoms with Gasteiger partial charge in [-0.15, -0.1) is 0 Å². The van der Waals surface area contributed by atoms with Gasteiger partial charge in [-0.25, -0.2) is 0 Å². The fraction of sp³-hybridized carbons (Fsp3) is 0.350. The van der Waals surface area contributed by atoms with Crippen LogP contribution in [0.2, 0.25) is 0 Å². The van der Waals surface area contributed by atoms with Gasteiger partial charge < -0.3 is 10.0 Å². The Morgan fingerprint density at radius 2 is 1.61 bits per heavy atom. The van der Waals surface area contributed by atoms with E-state index in [1.54, 1.807) is 11.9 Å². The number of nitrogens with zero attached hydrogens (tertiary/aromatic N) is 1. The molecule has 0 bridgehead atoms. The molecule has 1 N–H and O–H groups in total. The molecule has 2 unspecified atom stereocenters. The largest absolute Gasteiger partial charge is 0.377 e. The van der Waals surface area contributed by atoms with Crippen molar-refractivity contribution in [3.8, 4) is 11.1 Å². The third-order valence-corrected chi connectivity index (χ3v) is 4.88. The predicted octanol–water partition coefficient (Wildman–Crippen LogP) is 3.64. The van der Waals surface area contributed by atoms with E-state index in [-0.39, 0.29) is 11.9 Å². The third-order valence-electron chi connectivity index (χ3n) is 4.88. The van der Waals surface area contributed by atoms with Gasteiger partial charge in [0.25, 0.3) is 5.91 Å². The molecule has 1 amide bonds. The first kappa shape index (κ1) is 15.8. The minimum Gasteiger partial charge on any atom is -0.377 e. The molecule has 2 atom stereocenters. The average molecular weight is 309 g/mol. The van der Waals surface area contributed by atoms with Gasteiger partial charge in [-0.3, -0.25) is 4.79 Å². The zero-order chi connectivity index (χ0) is 16.8. The Morgan fingerprint density at radius 1 is 1.00 bits per heavy atom. The number of likely N-dealkylation sites (N-methyl/N-ethyl adjacent to an activating group) is 1. The minimum atomic E-state index is -1.36. The molecule has 1 fully saturated rings. The highest BCUT2D eigenvalue weighted by atomic mass is 16.3. The van der Waals surface area contributed by atoms with E-state index in [2.05, 4.69) is 24.3 Å². The number of hydrogen-bond acceptors (Lipinski definition) is 2. The van der Waals surface area contributed by atoms with Crippen LogP contribution in [0.3, 0.4) is 0 Å². The summed E-state index contributed by atoms with van der Waals surface area (Å²) in [6.07, 6.45) is 0. The maximum Gasteiger partial charge on any atom is 0.257 e. The molecule has 3 nitrogen and oxygen atoms in total. The number of hydrogen-bond donors (Lipinski definition) is 1. The molecule has 1 aliphatic heterocycles. The van der Waals surface area contributed by atoms with Crippen LogP contribution in [-0.2, 0) is 4.79 Å². The van der Waals surface area contributed by atoms with Gasteiger partial charge in [-0.2, -0.15) is 0 Å². The highest BCUT2D eigenvalue weighted by Crippen LogP contribution is 2.52. The average Bonchev–Trinajstić information content (AvgIpc) is 2.54. The van der Waals surface area contributed by atoms with Crippen LogP contribution in [0, 0.1) is 5.41 Å². The fourth-order valence-electron chi connectivity index (χ4n) is 3.43. The Labute approximate surface area is 137 Å². The lowest BCUT2D eigenvalue weighted by atomic mass is 9.63. The number of rotatable bonds is 2.